The SMILES string of the molecule is COC(=O)c1cccc(Nc2cc(Nc3ccc(OC(C)C)cc3)nc(C)n2)c1. The third kappa shape index (κ3) is 5.68. The summed E-state index contributed by atoms with van der Waals surface area (Å²) >= 11 is 0. The molecule has 3 rings (SSSR count). The van der Waals surface area contributed by atoms with Gasteiger partial charge in [-0.25, -0.2) is 14.8 Å². The Labute approximate surface area is 170 Å². The Hall–Kier alpha value is -3.61. The van der Waals surface area contributed by atoms with Crippen molar-refractivity contribution in [1.29, 1.82) is 0 Å². The van der Waals surface area contributed by atoms with Gasteiger partial charge in [0.25, 0.3) is 0 Å². The van der Waals surface area contributed by atoms with E-state index in [1.54, 1.807) is 24.3 Å². The van der Waals surface area contributed by atoms with E-state index >= 15 is 0 Å². The Morgan fingerprint density at radius 3 is 2.21 bits per heavy atom. The lowest BCUT2D eigenvalue weighted by molar-refractivity contribution is 0.0601. The molecule has 7 nitrogen and oxygen atoms in total. The van der Waals surface area contributed by atoms with Gasteiger partial charge in [0.15, 0.2) is 0 Å². The molecule has 0 aliphatic carbocycles. The standard InChI is InChI=1S/C22H24N4O3/c1-14(2)29-19-10-8-17(9-11-19)25-20-13-21(24-15(3)23-20)26-18-7-5-6-16(12-18)22(27)28-4/h5-14H,1-4H3,(H2,23,24,25,26). The van der Waals surface area contributed by atoms with Crippen molar-refractivity contribution in [3.05, 3.63) is 66.0 Å². The summed E-state index contributed by atoms with van der Waals surface area (Å²) in [6.45, 7) is 5.80. The van der Waals surface area contributed by atoms with Crippen LogP contribution >= 0.6 is 0 Å². The van der Waals surface area contributed by atoms with Gasteiger partial charge in [0.1, 0.15) is 23.2 Å². The third-order valence-electron chi connectivity index (χ3n) is 3.89. The number of ether oxygens (including phenoxy) is 2. The molecule has 0 saturated carbocycles. The van der Waals surface area contributed by atoms with E-state index in [0.29, 0.717) is 23.0 Å². The van der Waals surface area contributed by atoms with Crippen molar-refractivity contribution in [3.63, 3.8) is 0 Å². The van der Waals surface area contributed by atoms with Crippen molar-refractivity contribution in [2.45, 2.75) is 26.9 Å². The number of hydrogen-bond acceptors (Lipinski definition) is 7. The fourth-order valence-electron chi connectivity index (χ4n) is 2.72. The zero-order chi connectivity index (χ0) is 20.8. The zero-order valence-electron chi connectivity index (χ0n) is 16.9. The molecular formula is C22H24N4O3. The van der Waals surface area contributed by atoms with Crippen LogP contribution in [0.1, 0.15) is 30.0 Å². The first kappa shape index (κ1) is 20.1. The minimum absolute atomic E-state index is 0.129. The number of nitrogens with one attached hydrogen (secondary N) is 2. The molecule has 1 heterocycles. The van der Waals surface area contributed by atoms with Crippen molar-refractivity contribution < 1.29 is 14.3 Å². The van der Waals surface area contributed by atoms with Crippen LogP contribution in [0.5, 0.6) is 5.75 Å². The van der Waals surface area contributed by atoms with Crippen LogP contribution in [-0.4, -0.2) is 29.2 Å². The molecule has 2 N–H and O–H groups in total. The quantitative estimate of drug-likeness (QED) is 0.556. The number of hydrogen-bond donors (Lipinski definition) is 2. The summed E-state index contributed by atoms with van der Waals surface area (Å²) in [7, 11) is 1.36. The fourth-order valence-corrected chi connectivity index (χ4v) is 2.72. The largest absolute Gasteiger partial charge is 0.491 e. The highest BCUT2D eigenvalue weighted by Gasteiger charge is 2.08. The molecule has 0 aliphatic heterocycles. The number of methoxy groups -OCH3 is 1. The first-order chi connectivity index (χ1) is 13.9. The van der Waals surface area contributed by atoms with E-state index in [4.69, 9.17) is 9.47 Å². The molecule has 0 spiro atoms. The van der Waals surface area contributed by atoms with Gasteiger partial charge in [-0.15, -0.1) is 0 Å². The molecule has 29 heavy (non-hydrogen) atoms. The molecular weight excluding hydrogens is 368 g/mol. The van der Waals surface area contributed by atoms with Gasteiger partial charge in [-0.1, -0.05) is 6.07 Å². The second-order valence-corrected chi connectivity index (χ2v) is 6.70. The molecule has 2 aromatic carbocycles. The van der Waals surface area contributed by atoms with E-state index in [1.807, 2.05) is 51.1 Å². The number of nitrogens with zero attached hydrogens (tertiary/aromatic N) is 2. The number of anilines is 4. The van der Waals surface area contributed by atoms with E-state index < -0.39 is 0 Å². The summed E-state index contributed by atoms with van der Waals surface area (Å²) in [4.78, 5) is 20.6. The van der Waals surface area contributed by atoms with Crippen molar-refractivity contribution in [3.8, 4) is 5.75 Å². The highest BCUT2D eigenvalue weighted by atomic mass is 16.5. The van der Waals surface area contributed by atoms with E-state index in [0.717, 1.165) is 17.1 Å². The van der Waals surface area contributed by atoms with E-state index in [-0.39, 0.29) is 12.1 Å². The van der Waals surface area contributed by atoms with Crippen LogP contribution in [0.3, 0.4) is 0 Å². The third-order valence-corrected chi connectivity index (χ3v) is 3.89. The van der Waals surface area contributed by atoms with E-state index in [2.05, 4.69) is 20.6 Å². The summed E-state index contributed by atoms with van der Waals surface area (Å²) < 4.78 is 10.4. The topological polar surface area (TPSA) is 85.4 Å². The maximum absolute atomic E-state index is 11.7. The summed E-state index contributed by atoms with van der Waals surface area (Å²) in [5, 5.41) is 6.47. The molecule has 0 bridgehead atoms. The summed E-state index contributed by atoms with van der Waals surface area (Å²) in [6.07, 6.45) is 0.129. The number of aromatic nitrogens is 2. The van der Waals surface area contributed by atoms with Gasteiger partial charge in [0, 0.05) is 17.4 Å². The highest BCUT2D eigenvalue weighted by molar-refractivity contribution is 5.90. The first-order valence-corrected chi connectivity index (χ1v) is 9.28. The van der Waals surface area contributed by atoms with Gasteiger partial charge >= 0.3 is 5.97 Å². The maximum atomic E-state index is 11.7. The second kappa shape index (κ2) is 9.05. The first-order valence-electron chi connectivity index (χ1n) is 9.28. The smallest absolute Gasteiger partial charge is 0.337 e. The second-order valence-electron chi connectivity index (χ2n) is 6.70. The van der Waals surface area contributed by atoms with Crippen LogP contribution in [0.25, 0.3) is 0 Å². The summed E-state index contributed by atoms with van der Waals surface area (Å²) in [5.41, 5.74) is 2.08. The molecule has 0 amide bonds. The average molecular weight is 392 g/mol. The molecule has 0 aliphatic rings. The lowest BCUT2D eigenvalue weighted by Crippen LogP contribution is -2.05. The summed E-state index contributed by atoms with van der Waals surface area (Å²) in [5.74, 6) is 2.31. The number of aryl methyl sites for hydroxylation is 1. The van der Waals surface area contributed by atoms with Crippen molar-refractivity contribution in [1.82, 2.24) is 9.97 Å². The monoisotopic (exact) mass is 392 g/mol. The van der Waals surface area contributed by atoms with E-state index in [9.17, 15) is 4.79 Å². The lowest BCUT2D eigenvalue weighted by atomic mass is 10.2. The molecule has 0 atom stereocenters. The predicted molar refractivity (Wildman–Crippen MR) is 113 cm³/mol. The van der Waals surface area contributed by atoms with Gasteiger partial charge < -0.3 is 20.1 Å². The predicted octanol–water partition coefficient (Wildman–Crippen LogP) is 4.85. The highest BCUT2D eigenvalue weighted by Crippen LogP contribution is 2.23. The lowest BCUT2D eigenvalue weighted by Gasteiger charge is -2.12. The van der Waals surface area contributed by atoms with Crippen LogP contribution in [0.4, 0.5) is 23.0 Å². The molecule has 7 heteroatoms. The number of carbonyl (C=O) groups excluding carboxylic acids is 1. The van der Waals surface area contributed by atoms with Crippen LogP contribution in [0, 0.1) is 6.92 Å². The van der Waals surface area contributed by atoms with Crippen LogP contribution in [-0.2, 0) is 4.74 Å². The molecule has 0 fully saturated rings. The zero-order valence-corrected chi connectivity index (χ0v) is 16.9. The van der Waals surface area contributed by atoms with E-state index in [1.165, 1.54) is 7.11 Å². The van der Waals surface area contributed by atoms with Crippen molar-refractivity contribution in [2.75, 3.05) is 17.7 Å². The van der Waals surface area contributed by atoms with Crippen LogP contribution < -0.4 is 15.4 Å². The van der Waals surface area contributed by atoms with Gasteiger partial charge in [-0.3, -0.25) is 0 Å². The van der Waals surface area contributed by atoms with Gasteiger partial charge in [0.05, 0.1) is 18.8 Å². The molecule has 3 aromatic rings. The summed E-state index contributed by atoms with van der Waals surface area (Å²) in [6, 6.07) is 16.5. The molecule has 150 valence electrons. The normalized spacial score (nSPS) is 10.5. The maximum Gasteiger partial charge on any atom is 0.337 e. The van der Waals surface area contributed by atoms with Gasteiger partial charge in [-0.05, 0) is 63.2 Å². The average Bonchev–Trinajstić information content (AvgIpc) is 2.68. The van der Waals surface area contributed by atoms with Crippen LogP contribution in [0.2, 0.25) is 0 Å². The minimum Gasteiger partial charge on any atom is -0.491 e. The Balaban J connectivity index is 1.75. The van der Waals surface area contributed by atoms with Crippen molar-refractivity contribution in [2.24, 2.45) is 0 Å². The Morgan fingerprint density at radius 1 is 0.931 bits per heavy atom. The molecule has 0 unspecified atom stereocenters. The number of rotatable bonds is 7. The van der Waals surface area contributed by atoms with Gasteiger partial charge in [-0.2, -0.15) is 0 Å². The molecule has 0 radical (unpaired) electrons. The Kier molecular flexibility index (Phi) is 6.29. The Bertz CT molecular complexity index is 988. The minimum atomic E-state index is -0.389. The van der Waals surface area contributed by atoms with Gasteiger partial charge in [0.2, 0.25) is 0 Å². The van der Waals surface area contributed by atoms with Crippen molar-refractivity contribution >= 4 is 29.0 Å². The number of benzene rings is 2. The molecule has 1 aromatic heterocycles. The Morgan fingerprint density at radius 2 is 1.59 bits per heavy atom. The number of esters is 1. The number of carbonyl (C=O) groups is 1. The molecule has 0 saturated heterocycles. The van der Waals surface area contributed by atoms with Crippen LogP contribution in [0.15, 0.2) is 54.6 Å². The fraction of sp³-hybridized carbons (Fsp3) is 0.227.